The first-order chi connectivity index (χ1) is 10.0. The molecule has 0 spiro atoms. The second-order valence-electron chi connectivity index (χ2n) is 5.34. The summed E-state index contributed by atoms with van der Waals surface area (Å²) in [5.74, 6) is -4.47. The second-order valence-corrected chi connectivity index (χ2v) is 5.34. The van der Waals surface area contributed by atoms with E-state index in [1.807, 2.05) is 0 Å². The van der Waals surface area contributed by atoms with Gasteiger partial charge < -0.3 is 10.2 Å². The van der Waals surface area contributed by atoms with E-state index < -0.39 is 23.4 Å². The van der Waals surface area contributed by atoms with Gasteiger partial charge in [0.2, 0.25) is 0 Å². The lowest BCUT2D eigenvalue weighted by atomic mass is 9.97. The Hall–Kier alpha value is -1.56. The van der Waals surface area contributed by atoms with Crippen LogP contribution in [0.2, 0.25) is 0 Å². The number of carbonyl (C=O) groups excluding carboxylic acids is 1. The monoisotopic (exact) mass is 300 g/mol. The van der Waals surface area contributed by atoms with Crippen molar-refractivity contribution in [1.82, 2.24) is 10.2 Å². The van der Waals surface area contributed by atoms with Crippen LogP contribution in [-0.2, 0) is 0 Å². The molecule has 1 aromatic carbocycles. The Balaban J connectivity index is 1.88. The molecule has 2 rings (SSSR count). The third-order valence-corrected chi connectivity index (χ3v) is 3.95. The van der Waals surface area contributed by atoms with Crippen molar-refractivity contribution in [3.63, 3.8) is 0 Å². The van der Waals surface area contributed by atoms with E-state index in [9.17, 15) is 18.0 Å². The minimum Gasteiger partial charge on any atom is -0.352 e. The number of likely N-dealkylation sites (tertiary alicyclic amines) is 1. The van der Waals surface area contributed by atoms with Gasteiger partial charge in [0.15, 0.2) is 17.5 Å². The highest BCUT2D eigenvalue weighted by Crippen LogP contribution is 2.17. The maximum atomic E-state index is 13.1. The van der Waals surface area contributed by atoms with Crippen molar-refractivity contribution in [3.8, 4) is 0 Å². The van der Waals surface area contributed by atoms with E-state index in [4.69, 9.17) is 0 Å². The molecule has 21 heavy (non-hydrogen) atoms. The molecule has 0 unspecified atom stereocenters. The Kier molecular flexibility index (Phi) is 5.22. The van der Waals surface area contributed by atoms with Gasteiger partial charge in [-0.2, -0.15) is 0 Å². The minimum absolute atomic E-state index is 0.197. The predicted octanol–water partition coefficient (Wildman–Crippen LogP) is 2.57. The fourth-order valence-corrected chi connectivity index (χ4v) is 2.53. The molecule has 0 saturated carbocycles. The summed E-state index contributed by atoms with van der Waals surface area (Å²) in [5.41, 5.74) is -0.197. The van der Waals surface area contributed by atoms with Gasteiger partial charge in [0.05, 0.1) is 0 Å². The van der Waals surface area contributed by atoms with Crippen LogP contribution in [0.4, 0.5) is 13.2 Å². The normalized spacial score (nSPS) is 17.0. The first-order valence-electron chi connectivity index (χ1n) is 7.16. The van der Waals surface area contributed by atoms with Crippen molar-refractivity contribution in [2.24, 2.45) is 5.92 Å². The number of nitrogens with one attached hydrogen (secondary N) is 1. The molecular formula is C15H19F3N2O. The number of piperidine rings is 1. The zero-order valence-electron chi connectivity index (χ0n) is 12.0. The summed E-state index contributed by atoms with van der Waals surface area (Å²) in [6, 6.07) is 1.43. The molecular weight excluding hydrogens is 281 g/mol. The summed E-state index contributed by atoms with van der Waals surface area (Å²) in [5, 5.41) is 2.66. The summed E-state index contributed by atoms with van der Waals surface area (Å²) in [4.78, 5) is 14.2. The number of carbonyl (C=O) groups is 1. The minimum atomic E-state index is -1.56. The van der Waals surface area contributed by atoms with Crippen LogP contribution in [0.5, 0.6) is 0 Å². The average molecular weight is 300 g/mol. The molecule has 1 heterocycles. The molecule has 0 aromatic heterocycles. The van der Waals surface area contributed by atoms with Crippen molar-refractivity contribution in [2.45, 2.75) is 19.8 Å². The summed E-state index contributed by atoms with van der Waals surface area (Å²) in [6.45, 7) is 5.59. The van der Waals surface area contributed by atoms with Crippen LogP contribution in [0.1, 0.15) is 30.1 Å². The van der Waals surface area contributed by atoms with Gasteiger partial charge in [0, 0.05) is 12.1 Å². The van der Waals surface area contributed by atoms with Gasteiger partial charge >= 0.3 is 0 Å². The molecule has 1 aliphatic heterocycles. The van der Waals surface area contributed by atoms with Gasteiger partial charge in [-0.3, -0.25) is 4.79 Å². The lowest BCUT2D eigenvalue weighted by molar-refractivity contribution is 0.0935. The molecule has 1 aromatic rings. The van der Waals surface area contributed by atoms with Gasteiger partial charge in [-0.1, -0.05) is 6.92 Å². The fourth-order valence-electron chi connectivity index (χ4n) is 2.53. The van der Waals surface area contributed by atoms with Crippen LogP contribution in [0.15, 0.2) is 12.1 Å². The van der Waals surface area contributed by atoms with Crippen molar-refractivity contribution in [2.75, 3.05) is 26.2 Å². The second kappa shape index (κ2) is 6.93. The Morgan fingerprint density at radius 2 is 1.81 bits per heavy atom. The quantitative estimate of drug-likeness (QED) is 0.867. The number of amides is 1. The van der Waals surface area contributed by atoms with E-state index in [1.165, 1.54) is 0 Å². The third kappa shape index (κ3) is 3.97. The number of rotatable bonds is 4. The fraction of sp³-hybridized carbons (Fsp3) is 0.533. The van der Waals surface area contributed by atoms with E-state index >= 15 is 0 Å². The largest absolute Gasteiger partial charge is 0.352 e. The molecule has 1 N–H and O–H groups in total. The highest BCUT2D eigenvalue weighted by molar-refractivity contribution is 5.94. The average Bonchev–Trinajstić information content (AvgIpc) is 2.50. The lowest BCUT2D eigenvalue weighted by Gasteiger charge is -2.31. The SMILES string of the molecule is CCN1CCC(CNC(=O)c2cc(F)c(F)c(F)c2)CC1. The van der Waals surface area contributed by atoms with E-state index in [-0.39, 0.29) is 5.56 Å². The van der Waals surface area contributed by atoms with E-state index in [0.29, 0.717) is 24.6 Å². The third-order valence-electron chi connectivity index (χ3n) is 3.95. The first kappa shape index (κ1) is 15.8. The summed E-state index contributed by atoms with van der Waals surface area (Å²) >= 11 is 0. The summed E-state index contributed by atoms with van der Waals surface area (Å²) < 4.78 is 39.0. The molecule has 1 saturated heterocycles. The van der Waals surface area contributed by atoms with Crippen molar-refractivity contribution in [3.05, 3.63) is 35.1 Å². The van der Waals surface area contributed by atoms with E-state index in [1.54, 1.807) is 0 Å². The molecule has 6 heteroatoms. The number of nitrogens with zero attached hydrogens (tertiary/aromatic N) is 1. The Labute approximate surface area is 122 Å². The van der Waals surface area contributed by atoms with Crippen LogP contribution in [0.25, 0.3) is 0 Å². The van der Waals surface area contributed by atoms with Gasteiger partial charge in [-0.15, -0.1) is 0 Å². The molecule has 1 aliphatic rings. The lowest BCUT2D eigenvalue weighted by Crippen LogP contribution is -2.38. The maximum absolute atomic E-state index is 13.1. The number of halogens is 3. The van der Waals surface area contributed by atoms with Gasteiger partial charge in [0.1, 0.15) is 0 Å². The van der Waals surface area contributed by atoms with Crippen molar-refractivity contribution < 1.29 is 18.0 Å². The number of hydrogen-bond acceptors (Lipinski definition) is 2. The number of benzene rings is 1. The van der Waals surface area contributed by atoms with Crippen LogP contribution in [0, 0.1) is 23.4 Å². The van der Waals surface area contributed by atoms with Crippen LogP contribution < -0.4 is 5.32 Å². The molecule has 3 nitrogen and oxygen atoms in total. The topological polar surface area (TPSA) is 32.3 Å². The van der Waals surface area contributed by atoms with Crippen molar-refractivity contribution in [1.29, 1.82) is 0 Å². The zero-order valence-corrected chi connectivity index (χ0v) is 12.0. The highest BCUT2D eigenvalue weighted by atomic mass is 19.2. The van der Waals surface area contributed by atoms with E-state index in [0.717, 1.165) is 32.5 Å². The molecule has 116 valence electrons. The van der Waals surface area contributed by atoms with Gasteiger partial charge in [0.25, 0.3) is 5.91 Å². The van der Waals surface area contributed by atoms with Gasteiger partial charge in [-0.05, 0) is 50.5 Å². The standard InChI is InChI=1S/C15H19F3N2O/c1-2-20-5-3-10(4-6-20)9-19-15(21)11-7-12(16)14(18)13(17)8-11/h7-8,10H,2-6,9H2,1H3,(H,19,21). The maximum Gasteiger partial charge on any atom is 0.251 e. The zero-order chi connectivity index (χ0) is 15.4. The smallest absolute Gasteiger partial charge is 0.251 e. The molecule has 0 radical (unpaired) electrons. The summed E-state index contributed by atoms with van der Waals surface area (Å²) in [6.07, 6.45) is 1.97. The Morgan fingerprint density at radius 1 is 1.24 bits per heavy atom. The molecule has 1 amide bonds. The van der Waals surface area contributed by atoms with E-state index in [2.05, 4.69) is 17.1 Å². The van der Waals surface area contributed by atoms with Crippen LogP contribution in [0.3, 0.4) is 0 Å². The summed E-state index contributed by atoms with van der Waals surface area (Å²) in [7, 11) is 0. The Morgan fingerprint density at radius 3 is 2.33 bits per heavy atom. The highest BCUT2D eigenvalue weighted by Gasteiger charge is 2.20. The molecule has 0 atom stereocenters. The predicted molar refractivity (Wildman–Crippen MR) is 73.5 cm³/mol. The Bertz CT molecular complexity index is 491. The van der Waals surface area contributed by atoms with Crippen LogP contribution >= 0.6 is 0 Å². The van der Waals surface area contributed by atoms with Crippen molar-refractivity contribution >= 4 is 5.91 Å². The first-order valence-corrected chi connectivity index (χ1v) is 7.16. The van der Waals surface area contributed by atoms with Crippen LogP contribution in [-0.4, -0.2) is 37.0 Å². The number of hydrogen-bond donors (Lipinski definition) is 1. The molecule has 1 fully saturated rings. The van der Waals surface area contributed by atoms with Gasteiger partial charge in [-0.25, -0.2) is 13.2 Å². The molecule has 0 bridgehead atoms. The molecule has 0 aliphatic carbocycles.